The van der Waals surface area contributed by atoms with Crippen LogP contribution in [0.4, 0.5) is 4.79 Å². The second kappa shape index (κ2) is 9.91. The summed E-state index contributed by atoms with van der Waals surface area (Å²) in [5, 5.41) is 5.55. The molecule has 2 rings (SSSR count). The van der Waals surface area contributed by atoms with Gasteiger partial charge in [-0.3, -0.25) is 9.59 Å². The van der Waals surface area contributed by atoms with Crippen LogP contribution in [0.5, 0.6) is 0 Å². The van der Waals surface area contributed by atoms with E-state index in [4.69, 9.17) is 4.74 Å². The van der Waals surface area contributed by atoms with Crippen LogP contribution in [-0.4, -0.2) is 54.1 Å². The smallest absolute Gasteiger partial charge is 0.407 e. The maximum absolute atomic E-state index is 12.6. The summed E-state index contributed by atoms with van der Waals surface area (Å²) in [7, 11) is 0. The Morgan fingerprint density at radius 1 is 1.18 bits per heavy atom. The van der Waals surface area contributed by atoms with Crippen LogP contribution < -0.4 is 10.6 Å². The molecule has 0 spiro atoms. The summed E-state index contributed by atoms with van der Waals surface area (Å²) in [6, 6.07) is 7.41. The number of nitrogens with one attached hydrogen (secondary N) is 2. The van der Waals surface area contributed by atoms with Gasteiger partial charge in [0, 0.05) is 36.6 Å². The van der Waals surface area contributed by atoms with Crippen molar-refractivity contribution in [3.05, 3.63) is 34.3 Å². The maximum atomic E-state index is 12.6. The molecule has 1 aliphatic rings. The van der Waals surface area contributed by atoms with Crippen molar-refractivity contribution >= 4 is 33.8 Å². The minimum atomic E-state index is -0.562. The first-order valence-electron chi connectivity index (χ1n) is 9.46. The zero-order valence-corrected chi connectivity index (χ0v) is 18.2. The third-order valence-corrected chi connectivity index (χ3v) is 4.96. The Kier molecular flexibility index (Phi) is 7.86. The lowest BCUT2D eigenvalue weighted by Gasteiger charge is -2.32. The molecule has 1 aromatic rings. The fourth-order valence-electron chi connectivity index (χ4n) is 2.92. The predicted octanol–water partition coefficient (Wildman–Crippen LogP) is 3.08. The molecular formula is C20H28BrN3O4. The highest BCUT2D eigenvalue weighted by atomic mass is 79.9. The number of carbonyl (C=O) groups excluding carboxylic acids is 3. The van der Waals surface area contributed by atoms with Crippen molar-refractivity contribution in [3.8, 4) is 0 Å². The van der Waals surface area contributed by atoms with Crippen molar-refractivity contribution in [1.29, 1.82) is 0 Å². The van der Waals surface area contributed by atoms with E-state index in [1.165, 1.54) is 0 Å². The van der Waals surface area contributed by atoms with Gasteiger partial charge in [-0.05, 0) is 61.7 Å². The number of amides is 3. The molecule has 2 N–H and O–H groups in total. The van der Waals surface area contributed by atoms with Gasteiger partial charge in [-0.1, -0.05) is 12.1 Å². The third-order valence-electron chi connectivity index (χ3n) is 4.27. The van der Waals surface area contributed by atoms with Crippen LogP contribution in [0.2, 0.25) is 0 Å². The average Bonchev–Trinajstić information content (AvgIpc) is 2.60. The first kappa shape index (κ1) is 22.2. The fourth-order valence-corrected chi connectivity index (χ4v) is 3.38. The molecule has 0 atom stereocenters. The highest BCUT2D eigenvalue weighted by Gasteiger charge is 2.25. The summed E-state index contributed by atoms with van der Waals surface area (Å²) in [5.41, 5.74) is 0.0887. The number of hydrogen-bond donors (Lipinski definition) is 2. The van der Waals surface area contributed by atoms with Crippen LogP contribution in [0.1, 0.15) is 50.4 Å². The first-order chi connectivity index (χ1) is 13.2. The SMILES string of the molecule is CC(C)(C)OC(=O)NCCC(=O)NC1CCN(C(=O)c2ccccc2Br)CC1. The molecule has 1 aliphatic heterocycles. The number of rotatable bonds is 5. The number of ether oxygens (including phenoxy) is 1. The fraction of sp³-hybridized carbons (Fsp3) is 0.550. The third kappa shape index (κ3) is 7.14. The normalized spacial score (nSPS) is 15.1. The van der Waals surface area contributed by atoms with E-state index in [1.807, 2.05) is 23.1 Å². The quantitative estimate of drug-likeness (QED) is 0.716. The summed E-state index contributed by atoms with van der Waals surface area (Å²) in [5.74, 6) is -0.120. The summed E-state index contributed by atoms with van der Waals surface area (Å²) in [4.78, 5) is 38.1. The molecule has 0 radical (unpaired) electrons. The van der Waals surface area contributed by atoms with E-state index >= 15 is 0 Å². The van der Waals surface area contributed by atoms with Gasteiger partial charge in [-0.2, -0.15) is 0 Å². The molecule has 7 nitrogen and oxygen atoms in total. The highest BCUT2D eigenvalue weighted by Crippen LogP contribution is 2.20. The average molecular weight is 454 g/mol. The highest BCUT2D eigenvalue weighted by molar-refractivity contribution is 9.10. The van der Waals surface area contributed by atoms with E-state index in [0.717, 1.165) is 4.47 Å². The molecule has 0 aromatic heterocycles. The van der Waals surface area contributed by atoms with Gasteiger partial charge in [0.2, 0.25) is 5.91 Å². The number of likely N-dealkylation sites (tertiary alicyclic amines) is 1. The van der Waals surface area contributed by atoms with Gasteiger partial charge in [0.15, 0.2) is 0 Å². The topological polar surface area (TPSA) is 87.7 Å². The van der Waals surface area contributed by atoms with Gasteiger partial charge in [-0.25, -0.2) is 4.79 Å². The zero-order chi connectivity index (χ0) is 20.7. The molecule has 1 aromatic carbocycles. The first-order valence-corrected chi connectivity index (χ1v) is 10.2. The lowest BCUT2D eigenvalue weighted by molar-refractivity contribution is -0.121. The Hall–Kier alpha value is -2.09. The zero-order valence-electron chi connectivity index (χ0n) is 16.6. The van der Waals surface area contributed by atoms with Gasteiger partial charge >= 0.3 is 6.09 Å². The van der Waals surface area contributed by atoms with E-state index in [2.05, 4.69) is 26.6 Å². The molecule has 0 bridgehead atoms. The molecule has 28 heavy (non-hydrogen) atoms. The van der Waals surface area contributed by atoms with E-state index < -0.39 is 11.7 Å². The second-order valence-electron chi connectivity index (χ2n) is 7.79. The van der Waals surface area contributed by atoms with Crippen molar-refractivity contribution in [3.63, 3.8) is 0 Å². The van der Waals surface area contributed by atoms with E-state index in [0.29, 0.717) is 31.5 Å². The van der Waals surface area contributed by atoms with Crippen molar-refractivity contribution in [2.75, 3.05) is 19.6 Å². The van der Waals surface area contributed by atoms with Crippen LogP contribution in [-0.2, 0) is 9.53 Å². The van der Waals surface area contributed by atoms with Gasteiger partial charge in [0.25, 0.3) is 5.91 Å². The van der Waals surface area contributed by atoms with Gasteiger partial charge in [0.05, 0.1) is 5.56 Å². The number of carbonyl (C=O) groups is 3. The molecular weight excluding hydrogens is 426 g/mol. The molecule has 0 unspecified atom stereocenters. The van der Waals surface area contributed by atoms with Crippen LogP contribution >= 0.6 is 15.9 Å². The Morgan fingerprint density at radius 3 is 2.43 bits per heavy atom. The molecule has 1 fully saturated rings. The van der Waals surface area contributed by atoms with Gasteiger partial charge in [0.1, 0.15) is 5.60 Å². The van der Waals surface area contributed by atoms with Crippen LogP contribution in [0.15, 0.2) is 28.7 Å². The monoisotopic (exact) mass is 453 g/mol. The number of halogens is 1. The minimum absolute atomic E-state index is 0.00110. The Labute approximate surface area is 174 Å². The minimum Gasteiger partial charge on any atom is -0.444 e. The molecule has 8 heteroatoms. The predicted molar refractivity (Wildman–Crippen MR) is 110 cm³/mol. The van der Waals surface area contributed by atoms with Crippen LogP contribution in [0.3, 0.4) is 0 Å². The van der Waals surface area contributed by atoms with Crippen molar-refractivity contribution < 1.29 is 19.1 Å². The Morgan fingerprint density at radius 2 is 1.82 bits per heavy atom. The van der Waals surface area contributed by atoms with Crippen molar-refractivity contribution in [2.24, 2.45) is 0 Å². The second-order valence-corrected chi connectivity index (χ2v) is 8.65. The standard InChI is InChI=1S/C20H28BrN3O4/c1-20(2,3)28-19(27)22-11-8-17(25)23-14-9-12-24(13-10-14)18(26)15-6-4-5-7-16(15)21/h4-7,14H,8-13H2,1-3H3,(H,22,27)(H,23,25). The van der Waals surface area contributed by atoms with E-state index in [-0.39, 0.29) is 30.8 Å². The van der Waals surface area contributed by atoms with E-state index in [1.54, 1.807) is 26.8 Å². The lowest BCUT2D eigenvalue weighted by Crippen LogP contribution is -2.47. The van der Waals surface area contributed by atoms with Gasteiger partial charge < -0.3 is 20.3 Å². The van der Waals surface area contributed by atoms with Crippen molar-refractivity contribution in [2.45, 2.75) is 51.7 Å². The summed E-state index contributed by atoms with van der Waals surface area (Å²) in [6.07, 6.45) is 1.08. The number of nitrogens with zero attached hydrogens (tertiary/aromatic N) is 1. The Bertz CT molecular complexity index is 710. The molecule has 3 amide bonds. The number of alkyl carbamates (subject to hydrolysis) is 1. The largest absolute Gasteiger partial charge is 0.444 e. The number of benzene rings is 1. The van der Waals surface area contributed by atoms with Crippen LogP contribution in [0.25, 0.3) is 0 Å². The maximum Gasteiger partial charge on any atom is 0.407 e. The van der Waals surface area contributed by atoms with Gasteiger partial charge in [-0.15, -0.1) is 0 Å². The van der Waals surface area contributed by atoms with Crippen LogP contribution in [0, 0.1) is 0 Å². The molecule has 154 valence electrons. The van der Waals surface area contributed by atoms with E-state index in [9.17, 15) is 14.4 Å². The number of hydrogen-bond acceptors (Lipinski definition) is 4. The van der Waals surface area contributed by atoms with Crippen molar-refractivity contribution in [1.82, 2.24) is 15.5 Å². The summed E-state index contributed by atoms with van der Waals surface area (Å²) < 4.78 is 5.91. The molecule has 0 aliphatic carbocycles. The molecule has 1 saturated heterocycles. The summed E-state index contributed by atoms with van der Waals surface area (Å²) >= 11 is 3.41. The Balaban J connectivity index is 1.69. The molecule has 1 heterocycles. The molecule has 0 saturated carbocycles. The number of piperidine rings is 1. The lowest BCUT2D eigenvalue weighted by atomic mass is 10.0. The summed E-state index contributed by atoms with van der Waals surface area (Å²) in [6.45, 7) is 6.77.